The summed E-state index contributed by atoms with van der Waals surface area (Å²) in [4.78, 5) is 16.1. The largest absolute Gasteiger partial charge is 0.495 e. The maximum absolute atomic E-state index is 12.7. The van der Waals surface area contributed by atoms with Crippen molar-refractivity contribution >= 4 is 23.2 Å². The lowest BCUT2D eigenvalue weighted by atomic mass is 10.2. The first kappa shape index (κ1) is 18.7. The van der Waals surface area contributed by atoms with Crippen molar-refractivity contribution in [3.8, 4) is 11.5 Å². The van der Waals surface area contributed by atoms with Gasteiger partial charge >= 0.3 is 0 Å². The Kier molecular flexibility index (Phi) is 6.57. The highest BCUT2D eigenvalue weighted by Gasteiger charge is 2.26. The number of piperazine rings is 1. The fraction of sp³-hybridized carbons (Fsp3) is 0.588. The second-order valence-electron chi connectivity index (χ2n) is 5.98. The molecule has 1 aliphatic rings. The molecule has 0 spiro atoms. The molecule has 134 valence electrons. The first-order valence-corrected chi connectivity index (χ1v) is 8.68. The summed E-state index contributed by atoms with van der Waals surface area (Å²) in [5, 5.41) is 3.69. The number of anilines is 1. The van der Waals surface area contributed by atoms with Crippen LogP contribution < -0.4 is 19.7 Å². The Bertz CT molecular complexity index is 574. The number of nitrogens with one attached hydrogen (secondary N) is 2. The summed E-state index contributed by atoms with van der Waals surface area (Å²) in [5.74, 6) is 1.23. The number of halogens is 1. The first-order valence-electron chi connectivity index (χ1n) is 8.30. The van der Waals surface area contributed by atoms with Crippen molar-refractivity contribution in [2.75, 3.05) is 52.3 Å². The Morgan fingerprint density at radius 3 is 2.46 bits per heavy atom. The number of benzene rings is 1. The zero-order valence-electron chi connectivity index (χ0n) is 14.8. The van der Waals surface area contributed by atoms with E-state index >= 15 is 0 Å². The molecule has 0 bridgehead atoms. The minimum absolute atomic E-state index is 0.0964. The van der Waals surface area contributed by atoms with Gasteiger partial charge in [-0.05, 0) is 19.9 Å². The number of likely N-dealkylation sites (N-methyl/N-ethyl adjacent to an activating group) is 1. The van der Waals surface area contributed by atoms with Gasteiger partial charge in [-0.2, -0.15) is 0 Å². The Balaban J connectivity index is 2.05. The summed E-state index contributed by atoms with van der Waals surface area (Å²) in [6, 6.07) is 3.08. The lowest BCUT2D eigenvalue weighted by molar-refractivity contribution is -0.902. The monoisotopic (exact) mass is 356 g/mol. The van der Waals surface area contributed by atoms with E-state index in [4.69, 9.17) is 21.1 Å². The lowest BCUT2D eigenvalue weighted by Crippen LogP contribution is -3.14. The van der Waals surface area contributed by atoms with Gasteiger partial charge in [0.15, 0.2) is 0 Å². The highest BCUT2D eigenvalue weighted by molar-refractivity contribution is 6.32. The van der Waals surface area contributed by atoms with Crippen LogP contribution in [0, 0.1) is 0 Å². The molecule has 1 aromatic rings. The van der Waals surface area contributed by atoms with Gasteiger partial charge in [0.2, 0.25) is 5.91 Å². The quantitative estimate of drug-likeness (QED) is 0.795. The molecule has 0 radical (unpaired) electrons. The van der Waals surface area contributed by atoms with Crippen LogP contribution in [0.2, 0.25) is 5.02 Å². The van der Waals surface area contributed by atoms with Crippen molar-refractivity contribution in [3.63, 3.8) is 0 Å². The van der Waals surface area contributed by atoms with Gasteiger partial charge in [-0.1, -0.05) is 11.6 Å². The minimum atomic E-state index is -0.355. The highest BCUT2D eigenvalue weighted by atomic mass is 35.5. The molecule has 1 saturated heterocycles. The summed E-state index contributed by atoms with van der Waals surface area (Å²) in [7, 11) is 3.13. The molecule has 6 nitrogen and oxygen atoms in total. The standard InChI is InChI=1S/C17H26ClN3O3/c1-5-20-6-8-21(9-7-20)17(22)12(2)19-14-10-13(18)15(23-3)11-16(14)24-4/h10-12,19H,5-9H2,1-4H3/p+1/t12-/m1/s1. The predicted molar refractivity (Wildman–Crippen MR) is 95.5 cm³/mol. The molecule has 2 rings (SSSR count). The number of carbonyl (C=O) groups excluding carboxylic acids is 1. The predicted octanol–water partition coefficient (Wildman–Crippen LogP) is 0.905. The Labute approximate surface area is 148 Å². The lowest BCUT2D eigenvalue weighted by Gasteiger charge is -2.33. The number of nitrogens with zero attached hydrogens (tertiary/aromatic N) is 1. The van der Waals surface area contributed by atoms with Crippen molar-refractivity contribution < 1.29 is 19.2 Å². The third-order valence-corrected chi connectivity index (χ3v) is 4.79. The average molecular weight is 357 g/mol. The fourth-order valence-electron chi connectivity index (χ4n) is 2.94. The van der Waals surface area contributed by atoms with Crippen LogP contribution in [0.3, 0.4) is 0 Å². The molecule has 24 heavy (non-hydrogen) atoms. The molecule has 1 aromatic carbocycles. The van der Waals surface area contributed by atoms with Crippen LogP contribution in [0.1, 0.15) is 13.8 Å². The molecule has 2 N–H and O–H groups in total. The SMILES string of the molecule is CC[NH+]1CCN(C(=O)[C@@H](C)Nc2cc(Cl)c(OC)cc2OC)CC1. The van der Waals surface area contributed by atoms with Crippen LogP contribution in [0.15, 0.2) is 12.1 Å². The summed E-state index contributed by atoms with van der Waals surface area (Å²) < 4.78 is 10.6. The van der Waals surface area contributed by atoms with Gasteiger partial charge in [0.25, 0.3) is 0 Å². The normalized spacial score (nSPS) is 16.6. The van der Waals surface area contributed by atoms with Gasteiger partial charge in [-0.3, -0.25) is 4.79 Å². The third kappa shape index (κ3) is 4.24. The van der Waals surface area contributed by atoms with E-state index in [0.717, 1.165) is 32.7 Å². The number of amides is 1. The van der Waals surface area contributed by atoms with Gasteiger partial charge in [-0.15, -0.1) is 0 Å². The molecule has 1 atom stereocenters. The van der Waals surface area contributed by atoms with Crippen molar-refractivity contribution in [1.29, 1.82) is 0 Å². The van der Waals surface area contributed by atoms with Gasteiger partial charge in [0.05, 0.1) is 57.7 Å². The van der Waals surface area contributed by atoms with Crippen molar-refractivity contribution in [1.82, 2.24) is 4.90 Å². The molecule has 1 fully saturated rings. The number of ether oxygens (including phenoxy) is 2. The molecule has 7 heteroatoms. The zero-order chi connectivity index (χ0) is 17.7. The number of methoxy groups -OCH3 is 2. The number of quaternary nitrogens is 1. The van der Waals surface area contributed by atoms with E-state index in [2.05, 4.69) is 12.2 Å². The maximum Gasteiger partial charge on any atom is 0.245 e. The van der Waals surface area contributed by atoms with E-state index in [-0.39, 0.29) is 11.9 Å². The van der Waals surface area contributed by atoms with Crippen LogP contribution in [-0.4, -0.2) is 63.8 Å². The molecular weight excluding hydrogens is 330 g/mol. The van der Waals surface area contributed by atoms with Gasteiger partial charge < -0.3 is 24.6 Å². The van der Waals surface area contributed by atoms with Crippen LogP contribution in [-0.2, 0) is 4.79 Å². The molecule has 0 aromatic heterocycles. The second kappa shape index (κ2) is 8.44. The van der Waals surface area contributed by atoms with E-state index in [1.165, 1.54) is 0 Å². The zero-order valence-corrected chi connectivity index (χ0v) is 15.6. The van der Waals surface area contributed by atoms with Gasteiger partial charge in [0, 0.05) is 6.07 Å². The van der Waals surface area contributed by atoms with Crippen molar-refractivity contribution in [3.05, 3.63) is 17.2 Å². The molecular formula is C17H27ClN3O3+. The molecule has 0 aliphatic carbocycles. The summed E-state index contributed by atoms with van der Waals surface area (Å²) >= 11 is 6.18. The number of rotatable bonds is 6. The van der Waals surface area contributed by atoms with E-state index in [9.17, 15) is 4.79 Å². The summed E-state index contributed by atoms with van der Waals surface area (Å²) in [6.45, 7) is 8.76. The van der Waals surface area contributed by atoms with Crippen LogP contribution >= 0.6 is 11.6 Å². The Morgan fingerprint density at radius 2 is 1.92 bits per heavy atom. The topological polar surface area (TPSA) is 55.2 Å². The fourth-order valence-corrected chi connectivity index (χ4v) is 3.18. The van der Waals surface area contributed by atoms with E-state index in [1.807, 2.05) is 11.8 Å². The summed E-state index contributed by atoms with van der Waals surface area (Å²) in [5.41, 5.74) is 0.682. The minimum Gasteiger partial charge on any atom is -0.495 e. The number of hydrogen-bond donors (Lipinski definition) is 2. The van der Waals surface area contributed by atoms with Crippen molar-refractivity contribution in [2.24, 2.45) is 0 Å². The van der Waals surface area contributed by atoms with Crippen LogP contribution in [0.5, 0.6) is 11.5 Å². The third-order valence-electron chi connectivity index (χ3n) is 4.50. The molecule has 1 heterocycles. The highest BCUT2D eigenvalue weighted by Crippen LogP contribution is 2.36. The molecule has 0 unspecified atom stereocenters. The van der Waals surface area contributed by atoms with Crippen LogP contribution in [0.4, 0.5) is 5.69 Å². The second-order valence-corrected chi connectivity index (χ2v) is 6.39. The maximum atomic E-state index is 12.7. The van der Waals surface area contributed by atoms with Crippen LogP contribution in [0.25, 0.3) is 0 Å². The molecule has 1 amide bonds. The first-order chi connectivity index (χ1) is 11.5. The Hall–Kier alpha value is -1.66. The molecule has 0 saturated carbocycles. The number of carbonyl (C=O) groups is 1. The smallest absolute Gasteiger partial charge is 0.245 e. The molecule has 1 aliphatic heterocycles. The average Bonchev–Trinajstić information content (AvgIpc) is 2.61. The van der Waals surface area contributed by atoms with E-state index in [0.29, 0.717) is 22.2 Å². The van der Waals surface area contributed by atoms with Gasteiger partial charge in [0.1, 0.15) is 17.5 Å². The summed E-state index contributed by atoms with van der Waals surface area (Å²) in [6.07, 6.45) is 0. The number of hydrogen-bond acceptors (Lipinski definition) is 4. The van der Waals surface area contributed by atoms with Gasteiger partial charge in [-0.25, -0.2) is 0 Å². The van der Waals surface area contributed by atoms with Crippen molar-refractivity contribution in [2.45, 2.75) is 19.9 Å². The van der Waals surface area contributed by atoms with E-state index in [1.54, 1.807) is 31.3 Å². The Morgan fingerprint density at radius 1 is 1.29 bits per heavy atom. The van der Waals surface area contributed by atoms with E-state index < -0.39 is 0 Å².